The van der Waals surface area contributed by atoms with E-state index in [9.17, 15) is 14.4 Å². The van der Waals surface area contributed by atoms with Crippen LogP contribution >= 0.6 is 0 Å². The lowest BCUT2D eigenvalue weighted by Gasteiger charge is -2.27. The van der Waals surface area contributed by atoms with Gasteiger partial charge in [0, 0.05) is 23.1 Å². The summed E-state index contributed by atoms with van der Waals surface area (Å²) in [5, 5.41) is 0.899. The average molecular weight is 413 g/mol. The Morgan fingerprint density at radius 2 is 1.87 bits per heavy atom. The largest absolute Gasteiger partial charge is 0.444 e. The van der Waals surface area contributed by atoms with Crippen LogP contribution in [0.3, 0.4) is 0 Å². The molecule has 0 bridgehead atoms. The monoisotopic (exact) mass is 413 g/mol. The fraction of sp³-hybridized carbons (Fsp3) is 0.522. The van der Waals surface area contributed by atoms with E-state index in [1.54, 1.807) is 33.8 Å². The first-order valence-electron chi connectivity index (χ1n) is 10.4. The minimum atomic E-state index is -0.693. The van der Waals surface area contributed by atoms with Gasteiger partial charge >= 0.3 is 17.7 Å². The van der Waals surface area contributed by atoms with Gasteiger partial charge in [-0.05, 0) is 77.5 Å². The van der Waals surface area contributed by atoms with E-state index in [0.29, 0.717) is 36.3 Å². The standard InChI is InChI=1S/C23H27NO6/c1-13-18(11-10-15-14-7-5-8-16(14)20(25)29-19(13)15)28-21(26)17-9-6-12-24(17)22(27)30-23(2,3)4/h10-11,17H,5-9,12H2,1-4H3. The first-order valence-corrected chi connectivity index (χ1v) is 10.4. The molecule has 7 nitrogen and oxygen atoms in total. The summed E-state index contributed by atoms with van der Waals surface area (Å²) in [6, 6.07) is 2.89. The fourth-order valence-corrected chi connectivity index (χ4v) is 4.30. The lowest BCUT2D eigenvalue weighted by Crippen LogP contribution is -2.44. The van der Waals surface area contributed by atoms with Crippen molar-refractivity contribution in [2.75, 3.05) is 6.54 Å². The predicted octanol–water partition coefficient (Wildman–Crippen LogP) is 3.90. The van der Waals surface area contributed by atoms with Crippen molar-refractivity contribution >= 4 is 23.0 Å². The quantitative estimate of drug-likeness (QED) is 0.422. The molecular formula is C23H27NO6. The van der Waals surface area contributed by atoms with Gasteiger partial charge in [-0.3, -0.25) is 4.90 Å². The van der Waals surface area contributed by atoms with E-state index >= 15 is 0 Å². The molecule has 1 atom stereocenters. The van der Waals surface area contributed by atoms with Crippen LogP contribution in [0.5, 0.6) is 5.75 Å². The van der Waals surface area contributed by atoms with Gasteiger partial charge in [0.1, 0.15) is 23.0 Å². The highest BCUT2D eigenvalue weighted by atomic mass is 16.6. The summed E-state index contributed by atoms with van der Waals surface area (Å²) < 4.78 is 16.6. The van der Waals surface area contributed by atoms with E-state index in [1.807, 2.05) is 6.07 Å². The maximum absolute atomic E-state index is 12.9. The molecule has 1 aliphatic heterocycles. The van der Waals surface area contributed by atoms with Crippen molar-refractivity contribution in [3.8, 4) is 5.75 Å². The number of amides is 1. The topological polar surface area (TPSA) is 86.0 Å². The number of hydrogen-bond donors (Lipinski definition) is 0. The van der Waals surface area contributed by atoms with Gasteiger partial charge in [-0.15, -0.1) is 0 Å². The third kappa shape index (κ3) is 3.68. The Morgan fingerprint density at radius 3 is 2.60 bits per heavy atom. The van der Waals surface area contributed by atoms with Crippen LogP contribution in [-0.2, 0) is 22.4 Å². The van der Waals surface area contributed by atoms with Gasteiger partial charge < -0.3 is 13.9 Å². The van der Waals surface area contributed by atoms with E-state index in [0.717, 1.165) is 35.8 Å². The summed E-state index contributed by atoms with van der Waals surface area (Å²) in [6.45, 7) is 7.59. The normalized spacial score (nSPS) is 18.5. The van der Waals surface area contributed by atoms with Gasteiger partial charge in [0.15, 0.2) is 0 Å². The number of carbonyl (C=O) groups excluding carboxylic acids is 2. The third-order valence-electron chi connectivity index (χ3n) is 5.70. The molecule has 2 heterocycles. The van der Waals surface area contributed by atoms with Crippen LogP contribution in [0.25, 0.3) is 11.0 Å². The van der Waals surface area contributed by atoms with Gasteiger partial charge in [-0.2, -0.15) is 0 Å². The molecule has 30 heavy (non-hydrogen) atoms. The highest BCUT2D eigenvalue weighted by Crippen LogP contribution is 2.33. The Hall–Kier alpha value is -2.83. The second-order valence-electron chi connectivity index (χ2n) is 9.02. The number of likely N-dealkylation sites (tertiary alicyclic amines) is 1. The number of esters is 1. The second kappa shape index (κ2) is 7.45. The molecule has 7 heteroatoms. The molecule has 0 N–H and O–H groups in total. The Labute approximate surface area is 174 Å². The van der Waals surface area contributed by atoms with E-state index in [2.05, 4.69) is 0 Å². The molecule has 4 rings (SSSR count). The molecule has 0 saturated carbocycles. The van der Waals surface area contributed by atoms with E-state index < -0.39 is 23.7 Å². The molecule has 1 aromatic carbocycles. The van der Waals surface area contributed by atoms with Crippen molar-refractivity contribution in [2.24, 2.45) is 0 Å². The van der Waals surface area contributed by atoms with Crippen LogP contribution in [0.2, 0.25) is 0 Å². The van der Waals surface area contributed by atoms with Crippen LogP contribution in [0.1, 0.15) is 56.7 Å². The summed E-state index contributed by atoms with van der Waals surface area (Å²) in [5.74, 6) is -0.172. The zero-order chi connectivity index (χ0) is 21.6. The molecule has 1 amide bonds. The molecule has 160 valence electrons. The molecule has 1 fully saturated rings. The van der Waals surface area contributed by atoms with Crippen molar-refractivity contribution in [3.63, 3.8) is 0 Å². The third-order valence-corrected chi connectivity index (χ3v) is 5.70. The first-order chi connectivity index (χ1) is 14.2. The van der Waals surface area contributed by atoms with Gasteiger partial charge in [0.2, 0.25) is 0 Å². The van der Waals surface area contributed by atoms with Gasteiger partial charge in [0.05, 0.1) is 0 Å². The van der Waals surface area contributed by atoms with Gasteiger partial charge in [-0.1, -0.05) is 0 Å². The van der Waals surface area contributed by atoms with Crippen molar-refractivity contribution in [3.05, 3.63) is 39.2 Å². The number of fused-ring (bicyclic) bond motifs is 3. The lowest BCUT2D eigenvalue weighted by atomic mass is 10.0. The Balaban J connectivity index is 1.59. The lowest BCUT2D eigenvalue weighted by molar-refractivity contribution is -0.139. The molecule has 1 unspecified atom stereocenters. The number of rotatable bonds is 2. The number of nitrogens with zero attached hydrogens (tertiary/aromatic N) is 1. The molecule has 1 saturated heterocycles. The summed E-state index contributed by atoms with van der Waals surface area (Å²) >= 11 is 0. The number of benzene rings is 1. The average Bonchev–Trinajstić information content (AvgIpc) is 3.32. The fourth-order valence-electron chi connectivity index (χ4n) is 4.30. The van der Waals surface area contributed by atoms with Crippen molar-refractivity contribution < 1.29 is 23.5 Å². The van der Waals surface area contributed by atoms with Gasteiger partial charge in [0.25, 0.3) is 0 Å². The predicted molar refractivity (Wildman–Crippen MR) is 111 cm³/mol. The van der Waals surface area contributed by atoms with Crippen LogP contribution in [-0.4, -0.2) is 35.2 Å². The number of hydrogen-bond acceptors (Lipinski definition) is 6. The highest BCUT2D eigenvalue weighted by Gasteiger charge is 2.38. The second-order valence-corrected chi connectivity index (χ2v) is 9.02. The maximum Gasteiger partial charge on any atom is 0.411 e. The van der Waals surface area contributed by atoms with Gasteiger partial charge in [-0.25, -0.2) is 14.4 Å². The molecule has 2 aromatic rings. The molecule has 2 aliphatic rings. The summed E-state index contributed by atoms with van der Waals surface area (Å²) in [4.78, 5) is 39.1. The highest BCUT2D eigenvalue weighted by molar-refractivity contribution is 5.88. The molecule has 0 spiro atoms. The Kier molecular flexibility index (Phi) is 5.08. The van der Waals surface area contributed by atoms with Crippen LogP contribution in [0.15, 0.2) is 21.3 Å². The van der Waals surface area contributed by atoms with Crippen LogP contribution in [0, 0.1) is 6.92 Å². The zero-order valence-corrected chi connectivity index (χ0v) is 17.9. The minimum absolute atomic E-state index is 0.312. The van der Waals surface area contributed by atoms with Crippen LogP contribution < -0.4 is 10.4 Å². The Morgan fingerprint density at radius 1 is 1.13 bits per heavy atom. The maximum atomic E-state index is 12.9. The van der Waals surface area contributed by atoms with Crippen LogP contribution in [0.4, 0.5) is 4.79 Å². The molecule has 1 aliphatic carbocycles. The number of carbonyl (C=O) groups is 2. The molecule has 1 aromatic heterocycles. The number of aryl methyl sites for hydroxylation is 2. The first kappa shape index (κ1) is 20.4. The SMILES string of the molecule is Cc1c(OC(=O)C2CCCN2C(=O)OC(C)(C)C)ccc2c3c(c(=O)oc12)CCC3. The molecular weight excluding hydrogens is 386 g/mol. The van der Waals surface area contributed by atoms with E-state index in [-0.39, 0.29) is 5.63 Å². The van der Waals surface area contributed by atoms with E-state index in [4.69, 9.17) is 13.9 Å². The minimum Gasteiger partial charge on any atom is -0.444 e. The summed E-state index contributed by atoms with van der Waals surface area (Å²) in [5.41, 5.74) is 1.91. The van der Waals surface area contributed by atoms with Crippen molar-refractivity contribution in [1.82, 2.24) is 4.90 Å². The summed E-state index contributed by atoms with van der Waals surface area (Å²) in [7, 11) is 0. The van der Waals surface area contributed by atoms with Crippen molar-refractivity contribution in [1.29, 1.82) is 0 Å². The molecule has 0 radical (unpaired) electrons. The van der Waals surface area contributed by atoms with E-state index in [1.165, 1.54) is 4.90 Å². The summed E-state index contributed by atoms with van der Waals surface area (Å²) in [6.07, 6.45) is 3.24. The van der Waals surface area contributed by atoms with Crippen molar-refractivity contribution in [2.45, 2.75) is 71.4 Å². The zero-order valence-electron chi connectivity index (χ0n) is 17.9. The Bertz CT molecular complexity index is 1080. The number of ether oxygens (including phenoxy) is 2. The smallest absolute Gasteiger partial charge is 0.411 e.